The van der Waals surface area contributed by atoms with Crippen LogP contribution in [0.1, 0.15) is 27.2 Å². The number of nitrogens with zero attached hydrogens (tertiary/aromatic N) is 1. The first-order chi connectivity index (χ1) is 13.9. The molecule has 2 aliphatic rings. The van der Waals surface area contributed by atoms with Crippen LogP contribution in [0.25, 0.3) is 0 Å². The Morgan fingerprint density at radius 2 is 2.17 bits per heavy atom. The van der Waals surface area contributed by atoms with Crippen molar-refractivity contribution in [3.05, 3.63) is 67.3 Å². The lowest BCUT2D eigenvalue weighted by Crippen LogP contribution is -2.47. The summed E-state index contributed by atoms with van der Waals surface area (Å²) >= 11 is 8.63. The summed E-state index contributed by atoms with van der Waals surface area (Å²) in [6, 6.07) is 11.0. The largest absolute Gasteiger partial charge is 0.367 e. The van der Waals surface area contributed by atoms with Gasteiger partial charge in [-0.1, -0.05) is 47.6 Å². The van der Waals surface area contributed by atoms with Crippen LogP contribution in [0.2, 0.25) is 4.34 Å². The third kappa shape index (κ3) is 4.02. The second kappa shape index (κ2) is 8.02. The smallest absolute Gasteiger partial charge is 0.261 e. The molecule has 0 bridgehead atoms. The fourth-order valence-corrected chi connectivity index (χ4v) is 5.91. The van der Waals surface area contributed by atoms with Crippen molar-refractivity contribution in [2.24, 2.45) is 5.73 Å². The molecule has 1 unspecified atom stereocenters. The zero-order chi connectivity index (χ0) is 20.6. The van der Waals surface area contributed by atoms with Gasteiger partial charge >= 0.3 is 0 Å². The number of rotatable bonds is 5. The Morgan fingerprint density at radius 3 is 2.90 bits per heavy atom. The first-order valence-corrected chi connectivity index (χ1v) is 11.2. The Labute approximate surface area is 182 Å². The van der Waals surface area contributed by atoms with Gasteiger partial charge in [0.25, 0.3) is 11.8 Å². The molecule has 4 rings (SSSR count). The Kier molecular flexibility index (Phi) is 5.61. The second-order valence-corrected chi connectivity index (χ2v) is 10.2. The molecule has 2 amide bonds. The van der Waals surface area contributed by atoms with Crippen LogP contribution < -0.4 is 16.4 Å². The molecular formula is C20H21ClN4O2S2. The van der Waals surface area contributed by atoms with Crippen LogP contribution in [-0.2, 0) is 16.2 Å². The Bertz CT molecular complexity index is 1010. The number of likely N-dealkylation sites (N-methyl/N-ethyl adjacent to an activating group) is 1. The van der Waals surface area contributed by atoms with Crippen molar-refractivity contribution in [2.45, 2.75) is 17.8 Å². The van der Waals surface area contributed by atoms with E-state index in [1.165, 1.54) is 23.1 Å². The van der Waals surface area contributed by atoms with Crippen molar-refractivity contribution in [1.29, 1.82) is 0 Å². The maximum absolute atomic E-state index is 12.5. The van der Waals surface area contributed by atoms with Crippen molar-refractivity contribution in [3.63, 3.8) is 0 Å². The normalized spacial score (nSPS) is 21.6. The van der Waals surface area contributed by atoms with Crippen LogP contribution in [0.4, 0.5) is 0 Å². The number of thiophene rings is 1. The van der Waals surface area contributed by atoms with E-state index in [1.807, 2.05) is 24.3 Å². The lowest BCUT2D eigenvalue weighted by atomic mass is 10.0. The van der Waals surface area contributed by atoms with E-state index in [4.69, 9.17) is 17.3 Å². The number of carbonyl (C=O) groups is 2. The van der Waals surface area contributed by atoms with Gasteiger partial charge in [0, 0.05) is 36.7 Å². The molecule has 0 fully saturated rings. The molecule has 1 aromatic carbocycles. The molecule has 2 aliphatic heterocycles. The lowest BCUT2D eigenvalue weighted by Gasteiger charge is -2.27. The van der Waals surface area contributed by atoms with Gasteiger partial charge in [-0.15, -0.1) is 11.3 Å². The Hall–Kier alpha value is -2.00. The van der Waals surface area contributed by atoms with Crippen LogP contribution in [0, 0.1) is 0 Å². The number of hydrogen-bond acceptors (Lipinski definition) is 6. The van der Waals surface area contributed by atoms with Crippen LogP contribution in [0.15, 0.2) is 47.0 Å². The first kappa shape index (κ1) is 20.3. The highest BCUT2D eigenvalue weighted by Crippen LogP contribution is 2.47. The fraction of sp³-hybridized carbons (Fsp3) is 0.300. The van der Waals surface area contributed by atoms with Gasteiger partial charge in [0.15, 0.2) is 4.87 Å². The number of benzene rings is 1. The monoisotopic (exact) mass is 448 g/mol. The van der Waals surface area contributed by atoms with Gasteiger partial charge in [0.1, 0.15) is 0 Å². The quantitative estimate of drug-likeness (QED) is 0.654. The third-order valence-electron chi connectivity index (χ3n) is 5.03. The van der Waals surface area contributed by atoms with E-state index in [9.17, 15) is 9.59 Å². The van der Waals surface area contributed by atoms with Gasteiger partial charge in [-0.05, 0) is 30.3 Å². The van der Waals surface area contributed by atoms with Crippen LogP contribution in [-0.4, -0.2) is 36.9 Å². The predicted molar refractivity (Wildman–Crippen MR) is 118 cm³/mol. The number of amides is 2. The molecular weight excluding hydrogens is 428 g/mol. The molecule has 3 heterocycles. The highest BCUT2D eigenvalue weighted by atomic mass is 35.5. The van der Waals surface area contributed by atoms with Crippen LogP contribution in [0.3, 0.4) is 0 Å². The highest BCUT2D eigenvalue weighted by molar-refractivity contribution is 8.04. The van der Waals surface area contributed by atoms with Crippen molar-refractivity contribution in [2.75, 3.05) is 20.1 Å². The molecule has 6 nitrogen and oxygen atoms in total. The number of nitrogens with one attached hydrogen (secondary N) is 2. The molecule has 1 aromatic heterocycles. The molecule has 0 saturated heterocycles. The van der Waals surface area contributed by atoms with Crippen molar-refractivity contribution < 1.29 is 9.59 Å². The van der Waals surface area contributed by atoms with Gasteiger partial charge in [0.05, 0.1) is 9.21 Å². The van der Waals surface area contributed by atoms with Gasteiger partial charge in [-0.25, -0.2) is 0 Å². The van der Waals surface area contributed by atoms with E-state index < -0.39 is 10.8 Å². The van der Waals surface area contributed by atoms with Gasteiger partial charge in [-0.2, -0.15) is 0 Å². The molecule has 2 aromatic rings. The van der Waals surface area contributed by atoms with Crippen molar-refractivity contribution in [3.8, 4) is 0 Å². The summed E-state index contributed by atoms with van der Waals surface area (Å²) in [6.07, 6.45) is 0.868. The van der Waals surface area contributed by atoms with E-state index in [0.29, 0.717) is 15.8 Å². The van der Waals surface area contributed by atoms with Gasteiger partial charge in [-0.3, -0.25) is 9.59 Å². The number of hydrogen-bond donors (Lipinski definition) is 3. The predicted octanol–water partition coefficient (Wildman–Crippen LogP) is 2.85. The van der Waals surface area contributed by atoms with E-state index in [1.54, 1.807) is 12.1 Å². The standard InChI is InChI=1S/C20H21ClN4O2S2/c1-25-8-7-14-16(11-25)29-20(24-14,19(22)27)13-4-2-3-12(9-13)10-23-18(26)15-5-6-17(21)28-15/h2-6,9,24H,7-8,10-11H2,1H3,(H2,22,27)(H,23,26). The van der Waals surface area contributed by atoms with Gasteiger partial charge in [0.2, 0.25) is 0 Å². The highest BCUT2D eigenvalue weighted by Gasteiger charge is 2.47. The summed E-state index contributed by atoms with van der Waals surface area (Å²) in [5.74, 6) is -0.598. The number of halogens is 1. The summed E-state index contributed by atoms with van der Waals surface area (Å²) in [5.41, 5.74) is 8.64. The number of nitrogens with two attached hydrogens (primary N) is 1. The van der Waals surface area contributed by atoms with Crippen molar-refractivity contribution in [1.82, 2.24) is 15.5 Å². The molecule has 4 N–H and O–H groups in total. The number of thioether (sulfide) groups is 1. The topological polar surface area (TPSA) is 87.5 Å². The lowest BCUT2D eigenvalue weighted by molar-refractivity contribution is -0.121. The molecule has 0 aliphatic carbocycles. The minimum absolute atomic E-state index is 0.176. The Balaban J connectivity index is 1.52. The molecule has 0 saturated carbocycles. The molecule has 0 spiro atoms. The molecule has 0 radical (unpaired) electrons. The minimum Gasteiger partial charge on any atom is -0.367 e. The van der Waals surface area contributed by atoms with Crippen molar-refractivity contribution >= 4 is 46.5 Å². The van der Waals surface area contributed by atoms with Gasteiger partial charge < -0.3 is 21.3 Å². The van der Waals surface area contributed by atoms with E-state index in [2.05, 4.69) is 22.6 Å². The molecule has 152 valence electrons. The van der Waals surface area contributed by atoms with E-state index in [0.717, 1.165) is 41.2 Å². The maximum atomic E-state index is 12.5. The minimum atomic E-state index is -1.02. The average Bonchev–Trinajstić information content (AvgIpc) is 3.30. The number of carbonyl (C=O) groups excluding carboxylic acids is 2. The fourth-order valence-electron chi connectivity index (χ4n) is 3.50. The summed E-state index contributed by atoms with van der Waals surface area (Å²) in [4.78, 5) is 27.7. The maximum Gasteiger partial charge on any atom is 0.261 e. The third-order valence-corrected chi connectivity index (χ3v) is 7.72. The first-order valence-electron chi connectivity index (χ1n) is 9.18. The summed E-state index contributed by atoms with van der Waals surface area (Å²) in [5, 5.41) is 6.30. The zero-order valence-electron chi connectivity index (χ0n) is 15.8. The molecule has 1 atom stereocenters. The molecule has 9 heteroatoms. The van der Waals surface area contributed by atoms with Crippen LogP contribution in [0.5, 0.6) is 0 Å². The summed E-state index contributed by atoms with van der Waals surface area (Å²) in [7, 11) is 2.07. The van der Waals surface area contributed by atoms with E-state index >= 15 is 0 Å². The molecule has 29 heavy (non-hydrogen) atoms. The second-order valence-electron chi connectivity index (χ2n) is 7.15. The summed E-state index contributed by atoms with van der Waals surface area (Å²) in [6.45, 7) is 2.10. The Morgan fingerprint density at radius 1 is 1.34 bits per heavy atom. The SMILES string of the molecule is CN1CCC2=C(C1)SC(C(N)=O)(c1cccc(CNC(=O)c3ccc(Cl)s3)c1)N2. The number of primary amides is 1. The zero-order valence-corrected chi connectivity index (χ0v) is 18.2. The summed E-state index contributed by atoms with van der Waals surface area (Å²) < 4.78 is 0.576. The van der Waals surface area contributed by atoms with Crippen LogP contribution >= 0.6 is 34.7 Å². The average molecular weight is 449 g/mol. The van der Waals surface area contributed by atoms with E-state index in [-0.39, 0.29) is 5.91 Å².